The summed E-state index contributed by atoms with van der Waals surface area (Å²) in [6, 6.07) is 11.5. The molecule has 4 unspecified atom stereocenters. The number of aromatic nitrogens is 1. The van der Waals surface area contributed by atoms with Crippen molar-refractivity contribution < 1.29 is 19.4 Å². The van der Waals surface area contributed by atoms with Crippen LogP contribution in [0.15, 0.2) is 48.8 Å². The number of carbonyl (C=O) groups is 2. The molecule has 2 heterocycles. The van der Waals surface area contributed by atoms with Gasteiger partial charge < -0.3 is 25.0 Å². The molecule has 2 aromatic rings. The molecule has 5 rings (SSSR count). The van der Waals surface area contributed by atoms with Crippen LogP contribution < -0.4 is 15.0 Å². The number of piperazine rings is 1. The fourth-order valence-corrected chi connectivity index (χ4v) is 7.76. The van der Waals surface area contributed by atoms with E-state index in [2.05, 4.69) is 35.1 Å². The van der Waals surface area contributed by atoms with Crippen molar-refractivity contribution in [1.82, 2.24) is 15.2 Å². The molecule has 4 atom stereocenters. The normalized spacial score (nSPS) is 29.5. The monoisotopic (exact) mass is 548 g/mol. The predicted octanol–water partition coefficient (Wildman–Crippen LogP) is 4.29. The van der Waals surface area contributed by atoms with Crippen LogP contribution in [0.5, 0.6) is 5.75 Å². The van der Waals surface area contributed by atoms with Gasteiger partial charge in [0.2, 0.25) is 5.91 Å². The van der Waals surface area contributed by atoms with Gasteiger partial charge in [0.1, 0.15) is 5.75 Å². The predicted molar refractivity (Wildman–Crippen MR) is 155 cm³/mol. The van der Waals surface area contributed by atoms with E-state index >= 15 is 0 Å². The summed E-state index contributed by atoms with van der Waals surface area (Å²) in [4.78, 5) is 35.2. The molecule has 40 heavy (non-hydrogen) atoms. The average molecular weight is 549 g/mol. The summed E-state index contributed by atoms with van der Waals surface area (Å²) in [6.07, 6.45) is 7.39. The number of hydrogen-bond acceptors (Lipinski definition) is 6. The number of pyridine rings is 1. The molecule has 0 bridgehead atoms. The van der Waals surface area contributed by atoms with Gasteiger partial charge in [-0.15, -0.1) is 0 Å². The SMILES string of the molecule is COc1ccccc1N1CCN(C(=O)CCC23CCC(C)(O)CC2C(C)(C)CC3NC(=O)c2cccnc2)CC1. The standard InChI is InChI=1S/C32H44N4O4/c1-30(2)21-27(34-29(38)23-8-7-15-33-22-23)32(14-13-31(3,39)20-26(30)32)12-11-28(37)36-18-16-35(17-19-36)24-9-5-6-10-25(24)40-4/h5-10,15,22,26-27,39H,11-14,16-21H2,1-4H3,(H,34,38). The number of anilines is 1. The van der Waals surface area contributed by atoms with E-state index in [-0.39, 0.29) is 34.6 Å². The van der Waals surface area contributed by atoms with E-state index in [1.165, 1.54) is 0 Å². The van der Waals surface area contributed by atoms with Gasteiger partial charge in [-0.25, -0.2) is 0 Å². The number of rotatable bonds is 7. The number of hydrogen-bond donors (Lipinski definition) is 2. The van der Waals surface area contributed by atoms with Crippen molar-refractivity contribution >= 4 is 17.5 Å². The minimum Gasteiger partial charge on any atom is -0.495 e. The highest BCUT2D eigenvalue weighted by molar-refractivity contribution is 5.94. The number of nitrogens with zero attached hydrogens (tertiary/aromatic N) is 3. The molecular formula is C32H44N4O4. The first-order chi connectivity index (χ1) is 19.0. The summed E-state index contributed by atoms with van der Waals surface area (Å²) in [7, 11) is 1.69. The van der Waals surface area contributed by atoms with E-state index in [0.29, 0.717) is 44.3 Å². The average Bonchev–Trinajstić information content (AvgIpc) is 3.17. The number of fused-ring (bicyclic) bond motifs is 1. The summed E-state index contributed by atoms with van der Waals surface area (Å²) in [5.74, 6) is 1.11. The molecule has 0 spiro atoms. The fraction of sp³-hybridized carbons (Fsp3) is 0.594. The molecule has 0 radical (unpaired) electrons. The van der Waals surface area contributed by atoms with Crippen LogP contribution in [-0.4, -0.2) is 71.7 Å². The molecule has 2 saturated carbocycles. The van der Waals surface area contributed by atoms with Crippen molar-refractivity contribution in [2.45, 2.75) is 70.9 Å². The van der Waals surface area contributed by atoms with Crippen LogP contribution in [-0.2, 0) is 4.79 Å². The van der Waals surface area contributed by atoms with E-state index in [1.807, 2.05) is 30.0 Å². The number of nitrogens with one attached hydrogen (secondary N) is 1. The molecule has 3 aliphatic rings. The molecule has 1 saturated heterocycles. The summed E-state index contributed by atoms with van der Waals surface area (Å²) in [6.45, 7) is 9.31. The highest BCUT2D eigenvalue weighted by Gasteiger charge is 2.61. The Kier molecular flexibility index (Phi) is 7.83. The van der Waals surface area contributed by atoms with Crippen LogP contribution in [0.25, 0.3) is 0 Å². The Balaban J connectivity index is 1.29. The summed E-state index contributed by atoms with van der Waals surface area (Å²) in [5.41, 5.74) is 0.574. The van der Waals surface area contributed by atoms with Gasteiger partial charge in [-0.1, -0.05) is 26.0 Å². The number of ether oxygens (including phenoxy) is 1. The van der Waals surface area contributed by atoms with Crippen LogP contribution in [0.4, 0.5) is 5.69 Å². The maximum atomic E-state index is 13.6. The Bertz CT molecular complexity index is 1210. The number of carbonyl (C=O) groups excluding carboxylic acids is 2. The number of benzene rings is 1. The van der Waals surface area contributed by atoms with Crippen molar-refractivity contribution in [3.05, 3.63) is 54.4 Å². The first-order valence-electron chi connectivity index (χ1n) is 14.6. The molecule has 2 N–H and O–H groups in total. The third kappa shape index (κ3) is 5.55. The fourth-order valence-electron chi connectivity index (χ4n) is 7.76. The Morgan fingerprint density at radius 3 is 2.50 bits per heavy atom. The number of aliphatic hydroxyl groups is 1. The Hall–Kier alpha value is -3.13. The second-order valence-corrected chi connectivity index (χ2v) is 13.0. The van der Waals surface area contributed by atoms with Crippen LogP contribution in [0, 0.1) is 16.7 Å². The third-order valence-corrected chi connectivity index (χ3v) is 9.93. The lowest BCUT2D eigenvalue weighted by Crippen LogP contribution is -2.53. The van der Waals surface area contributed by atoms with Crippen molar-refractivity contribution in [2.75, 3.05) is 38.2 Å². The molecule has 3 fully saturated rings. The van der Waals surface area contributed by atoms with Crippen LogP contribution in [0.2, 0.25) is 0 Å². The minimum atomic E-state index is -0.730. The first-order valence-corrected chi connectivity index (χ1v) is 14.6. The van der Waals surface area contributed by atoms with Gasteiger partial charge in [-0.3, -0.25) is 14.6 Å². The van der Waals surface area contributed by atoms with Crippen LogP contribution >= 0.6 is 0 Å². The molecule has 216 valence electrons. The quantitative estimate of drug-likeness (QED) is 0.536. The number of amides is 2. The largest absolute Gasteiger partial charge is 0.495 e. The highest BCUT2D eigenvalue weighted by atomic mass is 16.5. The molecule has 1 aliphatic heterocycles. The number of methoxy groups -OCH3 is 1. The molecule has 2 amide bonds. The zero-order valence-electron chi connectivity index (χ0n) is 24.4. The van der Waals surface area contributed by atoms with Crippen molar-refractivity contribution in [3.8, 4) is 5.75 Å². The molecule has 2 aliphatic carbocycles. The Morgan fingerprint density at radius 2 is 1.80 bits per heavy atom. The van der Waals surface area contributed by atoms with Gasteiger partial charge in [-0.2, -0.15) is 0 Å². The van der Waals surface area contributed by atoms with Gasteiger partial charge in [-0.05, 0) is 80.0 Å². The first kappa shape index (κ1) is 28.4. The Labute approximate surface area is 238 Å². The van der Waals surface area contributed by atoms with E-state index in [9.17, 15) is 14.7 Å². The second-order valence-electron chi connectivity index (χ2n) is 13.0. The maximum Gasteiger partial charge on any atom is 0.253 e. The molecule has 8 heteroatoms. The summed E-state index contributed by atoms with van der Waals surface area (Å²) < 4.78 is 5.54. The lowest BCUT2D eigenvalue weighted by Gasteiger charge is -2.51. The second kappa shape index (κ2) is 11.0. The van der Waals surface area contributed by atoms with Gasteiger partial charge in [0.25, 0.3) is 5.91 Å². The van der Waals surface area contributed by atoms with Gasteiger partial charge >= 0.3 is 0 Å². The zero-order chi connectivity index (χ0) is 28.5. The lowest BCUT2D eigenvalue weighted by molar-refractivity contribution is -0.133. The smallest absolute Gasteiger partial charge is 0.253 e. The van der Waals surface area contributed by atoms with E-state index in [1.54, 1.807) is 31.6 Å². The van der Waals surface area contributed by atoms with Gasteiger partial charge in [0.05, 0.1) is 24.0 Å². The van der Waals surface area contributed by atoms with Crippen molar-refractivity contribution in [2.24, 2.45) is 16.7 Å². The molecule has 1 aromatic heterocycles. The summed E-state index contributed by atoms with van der Waals surface area (Å²) >= 11 is 0. The molecule has 1 aromatic carbocycles. The Morgan fingerprint density at radius 1 is 1.05 bits per heavy atom. The van der Waals surface area contributed by atoms with Crippen molar-refractivity contribution in [1.29, 1.82) is 0 Å². The van der Waals surface area contributed by atoms with Gasteiger partial charge in [0, 0.05) is 51.0 Å². The van der Waals surface area contributed by atoms with E-state index < -0.39 is 5.60 Å². The van der Waals surface area contributed by atoms with Crippen LogP contribution in [0.1, 0.15) is 69.7 Å². The van der Waals surface area contributed by atoms with Crippen LogP contribution in [0.3, 0.4) is 0 Å². The van der Waals surface area contributed by atoms with Gasteiger partial charge in [0.15, 0.2) is 0 Å². The highest BCUT2D eigenvalue weighted by Crippen LogP contribution is 2.64. The van der Waals surface area contributed by atoms with Crippen molar-refractivity contribution in [3.63, 3.8) is 0 Å². The minimum absolute atomic E-state index is 0.0634. The topological polar surface area (TPSA) is 95.0 Å². The number of para-hydroxylation sites is 2. The maximum absolute atomic E-state index is 13.6. The van der Waals surface area contributed by atoms with E-state index in [0.717, 1.165) is 37.4 Å². The molecule has 8 nitrogen and oxygen atoms in total. The lowest BCUT2D eigenvalue weighted by atomic mass is 9.57. The third-order valence-electron chi connectivity index (χ3n) is 9.93. The van der Waals surface area contributed by atoms with E-state index in [4.69, 9.17) is 4.74 Å². The molecular weight excluding hydrogens is 504 g/mol. The summed E-state index contributed by atoms with van der Waals surface area (Å²) in [5, 5.41) is 14.4. The zero-order valence-corrected chi connectivity index (χ0v) is 24.4.